The maximum absolute atomic E-state index is 12.3. The Bertz CT molecular complexity index is 765. The van der Waals surface area contributed by atoms with E-state index in [2.05, 4.69) is 15.9 Å². The first-order valence-electron chi connectivity index (χ1n) is 6.84. The number of rotatable bonds is 3. The lowest BCUT2D eigenvalue weighted by Gasteiger charge is -2.39. The Labute approximate surface area is 135 Å². The number of likely N-dealkylation sites (tertiary alicyclic amines) is 1. The number of carbonyl (C=O) groups is 1. The van der Waals surface area contributed by atoms with Crippen molar-refractivity contribution in [3.05, 3.63) is 62.6 Å². The normalized spacial score (nSPS) is 14.5. The van der Waals surface area contributed by atoms with Crippen molar-refractivity contribution in [2.24, 2.45) is 0 Å². The van der Waals surface area contributed by atoms with Crippen molar-refractivity contribution in [3.8, 4) is 5.75 Å². The second-order valence-corrected chi connectivity index (χ2v) is 6.10. The van der Waals surface area contributed by atoms with E-state index in [-0.39, 0.29) is 12.0 Å². The van der Waals surface area contributed by atoms with E-state index in [4.69, 9.17) is 9.15 Å². The molecule has 5 nitrogen and oxygen atoms in total. The topological polar surface area (TPSA) is 59.8 Å². The Morgan fingerprint density at radius 2 is 2.09 bits per heavy atom. The van der Waals surface area contributed by atoms with E-state index in [1.807, 2.05) is 12.1 Å². The predicted molar refractivity (Wildman–Crippen MR) is 84.2 cm³/mol. The van der Waals surface area contributed by atoms with E-state index in [1.54, 1.807) is 30.0 Å². The highest BCUT2D eigenvalue weighted by atomic mass is 79.9. The van der Waals surface area contributed by atoms with Crippen LogP contribution in [0.5, 0.6) is 5.75 Å². The van der Waals surface area contributed by atoms with Crippen molar-refractivity contribution >= 4 is 21.8 Å². The number of hydrogen-bond acceptors (Lipinski definition) is 4. The SMILES string of the molecule is Cc1cc(OC2CN(C(=O)c3cccc(Br)c3)C2)cc(=O)o1. The van der Waals surface area contributed by atoms with Gasteiger partial charge < -0.3 is 14.1 Å². The number of nitrogens with zero attached hydrogens (tertiary/aromatic N) is 1. The maximum atomic E-state index is 12.3. The molecule has 0 aliphatic carbocycles. The first-order chi connectivity index (χ1) is 10.5. The van der Waals surface area contributed by atoms with E-state index in [9.17, 15) is 9.59 Å². The van der Waals surface area contributed by atoms with Gasteiger partial charge in [0.1, 0.15) is 17.6 Å². The Morgan fingerprint density at radius 1 is 1.32 bits per heavy atom. The first kappa shape index (κ1) is 14.8. The molecule has 2 heterocycles. The Kier molecular flexibility index (Phi) is 4.02. The van der Waals surface area contributed by atoms with Crippen LogP contribution in [0.4, 0.5) is 0 Å². The van der Waals surface area contributed by atoms with Gasteiger partial charge in [0, 0.05) is 16.1 Å². The third kappa shape index (κ3) is 3.22. The monoisotopic (exact) mass is 363 g/mol. The van der Waals surface area contributed by atoms with Crippen LogP contribution in [0.1, 0.15) is 16.1 Å². The molecular weight excluding hydrogens is 350 g/mol. The van der Waals surface area contributed by atoms with Gasteiger partial charge >= 0.3 is 5.63 Å². The number of hydrogen-bond donors (Lipinski definition) is 0. The molecule has 1 fully saturated rings. The fourth-order valence-electron chi connectivity index (χ4n) is 2.32. The van der Waals surface area contributed by atoms with E-state index >= 15 is 0 Å². The zero-order valence-corrected chi connectivity index (χ0v) is 13.5. The number of halogens is 1. The van der Waals surface area contributed by atoms with Gasteiger partial charge in [-0.05, 0) is 25.1 Å². The lowest BCUT2D eigenvalue weighted by atomic mass is 10.1. The summed E-state index contributed by atoms with van der Waals surface area (Å²) in [5.74, 6) is 0.960. The van der Waals surface area contributed by atoms with Gasteiger partial charge in [0.15, 0.2) is 0 Å². The van der Waals surface area contributed by atoms with Crippen LogP contribution in [0.25, 0.3) is 0 Å². The highest BCUT2D eigenvalue weighted by Gasteiger charge is 2.33. The molecule has 0 bridgehead atoms. The fourth-order valence-corrected chi connectivity index (χ4v) is 2.72. The number of carbonyl (C=O) groups excluding carboxylic acids is 1. The number of aryl methyl sites for hydroxylation is 1. The minimum absolute atomic E-state index is 0.0232. The van der Waals surface area contributed by atoms with Crippen LogP contribution in [0.2, 0.25) is 0 Å². The van der Waals surface area contributed by atoms with Gasteiger partial charge in [0.2, 0.25) is 0 Å². The standard InChI is InChI=1S/C16H14BrNO4/c1-10-5-13(7-15(19)21-10)22-14-8-18(9-14)16(20)11-3-2-4-12(17)6-11/h2-7,14H,8-9H2,1H3. The molecule has 0 atom stereocenters. The minimum Gasteiger partial charge on any atom is -0.486 e. The Morgan fingerprint density at radius 3 is 2.77 bits per heavy atom. The third-order valence-corrected chi connectivity index (χ3v) is 3.87. The molecule has 1 aromatic heterocycles. The highest BCUT2D eigenvalue weighted by Crippen LogP contribution is 2.21. The molecule has 1 aliphatic heterocycles. The van der Waals surface area contributed by atoms with Crippen molar-refractivity contribution in [2.75, 3.05) is 13.1 Å². The number of benzene rings is 1. The molecule has 0 unspecified atom stereocenters. The second kappa shape index (κ2) is 5.96. The molecule has 6 heteroatoms. The molecular formula is C16H14BrNO4. The number of amides is 1. The quantitative estimate of drug-likeness (QED) is 0.840. The summed E-state index contributed by atoms with van der Waals surface area (Å²) in [5, 5.41) is 0. The molecule has 1 aliphatic rings. The largest absolute Gasteiger partial charge is 0.486 e. The van der Waals surface area contributed by atoms with Gasteiger partial charge in [-0.3, -0.25) is 4.79 Å². The first-order valence-corrected chi connectivity index (χ1v) is 7.64. The highest BCUT2D eigenvalue weighted by molar-refractivity contribution is 9.10. The van der Waals surface area contributed by atoms with Gasteiger partial charge in [-0.2, -0.15) is 0 Å². The Hall–Kier alpha value is -2.08. The average Bonchev–Trinajstić information content (AvgIpc) is 2.40. The lowest BCUT2D eigenvalue weighted by molar-refractivity contribution is 0.0175. The molecule has 0 spiro atoms. The Balaban J connectivity index is 1.60. The molecule has 0 saturated carbocycles. The van der Waals surface area contributed by atoms with Gasteiger partial charge in [0.05, 0.1) is 19.2 Å². The zero-order chi connectivity index (χ0) is 15.7. The summed E-state index contributed by atoms with van der Waals surface area (Å²) < 4.78 is 11.4. The van der Waals surface area contributed by atoms with E-state index < -0.39 is 5.63 Å². The molecule has 2 aromatic rings. The van der Waals surface area contributed by atoms with Crippen LogP contribution in [0, 0.1) is 6.92 Å². The van der Waals surface area contributed by atoms with Crippen molar-refractivity contribution < 1.29 is 13.9 Å². The molecule has 0 radical (unpaired) electrons. The average molecular weight is 364 g/mol. The third-order valence-electron chi connectivity index (χ3n) is 3.38. The van der Waals surface area contributed by atoms with Crippen molar-refractivity contribution in [2.45, 2.75) is 13.0 Å². The van der Waals surface area contributed by atoms with Crippen LogP contribution in [-0.2, 0) is 0 Å². The van der Waals surface area contributed by atoms with E-state index in [0.29, 0.717) is 30.2 Å². The van der Waals surface area contributed by atoms with Gasteiger partial charge in [-0.25, -0.2) is 4.79 Å². The van der Waals surface area contributed by atoms with Gasteiger partial charge in [0.25, 0.3) is 5.91 Å². The van der Waals surface area contributed by atoms with Crippen LogP contribution >= 0.6 is 15.9 Å². The predicted octanol–water partition coefficient (Wildman–Crippen LogP) is 2.61. The summed E-state index contributed by atoms with van der Waals surface area (Å²) in [6.07, 6.45) is -0.0997. The summed E-state index contributed by atoms with van der Waals surface area (Å²) >= 11 is 3.36. The fraction of sp³-hybridized carbons (Fsp3) is 0.250. The molecule has 3 rings (SSSR count). The zero-order valence-electron chi connectivity index (χ0n) is 11.9. The van der Waals surface area contributed by atoms with Gasteiger partial charge in [-0.15, -0.1) is 0 Å². The van der Waals surface area contributed by atoms with Crippen LogP contribution in [0.3, 0.4) is 0 Å². The molecule has 114 valence electrons. The van der Waals surface area contributed by atoms with Crippen molar-refractivity contribution in [1.29, 1.82) is 0 Å². The van der Waals surface area contributed by atoms with Gasteiger partial charge in [-0.1, -0.05) is 22.0 Å². The maximum Gasteiger partial charge on any atom is 0.339 e. The summed E-state index contributed by atoms with van der Waals surface area (Å²) in [5.41, 5.74) is 0.209. The molecule has 0 N–H and O–H groups in total. The van der Waals surface area contributed by atoms with Crippen molar-refractivity contribution in [1.82, 2.24) is 4.90 Å². The summed E-state index contributed by atoms with van der Waals surface area (Å²) in [6, 6.07) is 10.3. The second-order valence-electron chi connectivity index (χ2n) is 5.18. The van der Waals surface area contributed by atoms with E-state index in [0.717, 1.165) is 4.47 Å². The summed E-state index contributed by atoms with van der Waals surface area (Å²) in [4.78, 5) is 25.3. The lowest BCUT2D eigenvalue weighted by Crippen LogP contribution is -2.56. The van der Waals surface area contributed by atoms with Crippen LogP contribution in [-0.4, -0.2) is 30.0 Å². The summed E-state index contributed by atoms with van der Waals surface area (Å²) in [7, 11) is 0. The molecule has 22 heavy (non-hydrogen) atoms. The molecule has 1 amide bonds. The van der Waals surface area contributed by atoms with Crippen LogP contribution in [0.15, 0.2) is 50.1 Å². The minimum atomic E-state index is -0.434. The van der Waals surface area contributed by atoms with Crippen LogP contribution < -0.4 is 10.4 Å². The van der Waals surface area contributed by atoms with E-state index in [1.165, 1.54) is 6.07 Å². The van der Waals surface area contributed by atoms with Crippen molar-refractivity contribution in [3.63, 3.8) is 0 Å². The summed E-state index contributed by atoms with van der Waals surface area (Å²) in [6.45, 7) is 2.70. The number of ether oxygens (including phenoxy) is 1. The molecule has 1 saturated heterocycles. The smallest absolute Gasteiger partial charge is 0.339 e. The molecule has 1 aromatic carbocycles.